The van der Waals surface area contributed by atoms with E-state index in [-0.39, 0.29) is 22.7 Å². The Hall–Kier alpha value is -2.15. The topological polar surface area (TPSA) is 68.9 Å². The van der Waals surface area contributed by atoms with Gasteiger partial charge in [-0.15, -0.1) is 0 Å². The number of allylic oxidation sites excluding steroid dienone is 1. The van der Waals surface area contributed by atoms with E-state index in [4.69, 9.17) is 13.9 Å². The van der Waals surface area contributed by atoms with Crippen LogP contribution >= 0.6 is 0 Å². The van der Waals surface area contributed by atoms with Gasteiger partial charge in [-0.3, -0.25) is 4.79 Å². The summed E-state index contributed by atoms with van der Waals surface area (Å²) in [6.07, 6.45) is 9.94. The van der Waals surface area contributed by atoms with Crippen LogP contribution in [0.3, 0.4) is 0 Å². The van der Waals surface area contributed by atoms with Crippen molar-refractivity contribution < 1.29 is 23.8 Å². The van der Waals surface area contributed by atoms with Crippen LogP contribution in [0, 0.1) is 5.92 Å². The minimum Gasteiger partial charge on any atom is -0.497 e. The van der Waals surface area contributed by atoms with Crippen LogP contribution in [-0.4, -0.2) is 38.8 Å². The summed E-state index contributed by atoms with van der Waals surface area (Å²) in [5.41, 5.74) is 4.59. The largest absolute Gasteiger partial charge is 0.497 e. The SMILES string of the molecule is COc1ccc(COCCCCCCC2=C[C@H]3c4coc([Si](C)(C)C(C)(C)C)c4CC(=O)[C@@H](C2)[C@H]3O)cc1. The molecule has 0 radical (unpaired) electrons. The minimum absolute atomic E-state index is 0.114. The maximum absolute atomic E-state index is 13.3. The molecule has 38 heavy (non-hydrogen) atoms. The highest BCUT2D eigenvalue weighted by molar-refractivity contribution is 6.91. The molecule has 5 nitrogen and oxygen atoms in total. The Balaban J connectivity index is 1.30. The number of hydrogen-bond donors (Lipinski definition) is 1. The fraction of sp³-hybridized carbons (Fsp3) is 0.594. The molecule has 1 N–H and O–H groups in total. The van der Waals surface area contributed by atoms with Gasteiger partial charge in [-0.25, -0.2) is 0 Å². The number of hydrogen-bond acceptors (Lipinski definition) is 5. The maximum atomic E-state index is 13.3. The van der Waals surface area contributed by atoms with Crippen LogP contribution in [0.15, 0.2) is 46.6 Å². The highest BCUT2D eigenvalue weighted by Gasteiger charge is 2.47. The first-order valence-electron chi connectivity index (χ1n) is 14.2. The second-order valence-electron chi connectivity index (χ2n) is 12.7. The lowest BCUT2D eigenvalue weighted by Crippen LogP contribution is -2.50. The van der Waals surface area contributed by atoms with Crippen molar-refractivity contribution in [3.63, 3.8) is 0 Å². The van der Waals surface area contributed by atoms with Crippen LogP contribution in [0.4, 0.5) is 0 Å². The number of unbranched alkanes of at least 4 members (excludes halogenated alkanes) is 3. The molecule has 0 amide bonds. The molecule has 0 saturated heterocycles. The molecule has 0 fully saturated rings. The predicted molar refractivity (Wildman–Crippen MR) is 155 cm³/mol. The molecule has 0 spiro atoms. The molecular formula is C32H46O5Si. The van der Waals surface area contributed by atoms with Crippen LogP contribution in [0.1, 0.15) is 81.9 Å². The first-order chi connectivity index (χ1) is 18.0. The lowest BCUT2D eigenvalue weighted by atomic mass is 9.76. The molecule has 1 aromatic carbocycles. The van der Waals surface area contributed by atoms with E-state index < -0.39 is 14.2 Å². The molecule has 0 unspecified atom stereocenters. The number of ether oxygens (including phenoxy) is 2. The van der Waals surface area contributed by atoms with E-state index in [0.717, 1.165) is 66.5 Å². The second-order valence-corrected chi connectivity index (χ2v) is 17.9. The van der Waals surface area contributed by atoms with Crippen LogP contribution in [-0.2, 0) is 22.6 Å². The fourth-order valence-electron chi connectivity index (χ4n) is 5.69. The normalized spacial score (nSPS) is 21.6. The summed E-state index contributed by atoms with van der Waals surface area (Å²) in [4.78, 5) is 13.3. The number of aliphatic hydroxyl groups excluding tert-OH is 1. The first kappa shape index (κ1) is 28.8. The summed E-state index contributed by atoms with van der Waals surface area (Å²) in [5, 5.41) is 12.3. The molecular weight excluding hydrogens is 492 g/mol. The molecule has 0 saturated carbocycles. The third-order valence-electron chi connectivity index (χ3n) is 9.13. The minimum atomic E-state index is -1.94. The summed E-state index contributed by atoms with van der Waals surface area (Å²) < 4.78 is 17.3. The van der Waals surface area contributed by atoms with Crippen molar-refractivity contribution in [2.24, 2.45) is 5.92 Å². The van der Waals surface area contributed by atoms with Gasteiger partial charge < -0.3 is 19.0 Å². The van der Waals surface area contributed by atoms with Crippen molar-refractivity contribution in [3.8, 4) is 5.75 Å². The van der Waals surface area contributed by atoms with Crippen molar-refractivity contribution in [2.45, 2.75) is 102 Å². The number of carbonyl (C=O) groups excluding carboxylic acids is 1. The first-order valence-corrected chi connectivity index (χ1v) is 17.2. The summed E-state index contributed by atoms with van der Waals surface area (Å²) in [5.74, 6) is 0.591. The number of fused-ring (bicyclic) bond motifs is 4. The molecule has 2 bridgehead atoms. The number of methoxy groups -OCH3 is 1. The zero-order valence-corrected chi connectivity index (χ0v) is 25.1. The van der Waals surface area contributed by atoms with E-state index in [0.29, 0.717) is 19.4 Å². The molecule has 2 aliphatic carbocycles. The molecule has 1 aromatic heterocycles. The number of Topliss-reactive ketones (excluding diaryl/α,β-unsaturated/α-hetero) is 1. The van der Waals surface area contributed by atoms with Crippen LogP contribution in [0.25, 0.3) is 0 Å². The Morgan fingerprint density at radius 2 is 1.79 bits per heavy atom. The number of aliphatic hydroxyl groups is 1. The smallest absolute Gasteiger partial charge is 0.143 e. The van der Waals surface area contributed by atoms with Crippen molar-refractivity contribution in [1.82, 2.24) is 0 Å². The van der Waals surface area contributed by atoms with Crippen molar-refractivity contribution >= 4 is 19.2 Å². The van der Waals surface area contributed by atoms with Gasteiger partial charge >= 0.3 is 0 Å². The van der Waals surface area contributed by atoms with Gasteiger partial charge in [0.25, 0.3) is 0 Å². The van der Waals surface area contributed by atoms with Gasteiger partial charge in [-0.1, -0.05) is 70.5 Å². The van der Waals surface area contributed by atoms with Gasteiger partial charge in [0.05, 0.1) is 31.5 Å². The zero-order valence-electron chi connectivity index (χ0n) is 24.1. The number of furan rings is 1. The molecule has 208 valence electrons. The highest BCUT2D eigenvalue weighted by Crippen LogP contribution is 2.44. The summed E-state index contributed by atoms with van der Waals surface area (Å²) >= 11 is 0. The number of carbonyl (C=O) groups is 1. The molecule has 4 rings (SSSR count). The Kier molecular flexibility index (Phi) is 9.06. The van der Waals surface area contributed by atoms with E-state index in [2.05, 4.69) is 39.9 Å². The van der Waals surface area contributed by atoms with Crippen LogP contribution in [0.2, 0.25) is 18.1 Å². The standard InChI is InChI=1S/C32H46O5Si/c1-32(2,3)38(5,6)31-26-19-29(33)27-18-23(17-25(30(27)34)28(26)21-37-31)11-9-7-8-10-16-36-20-22-12-14-24(35-4)15-13-22/h12-15,17,21,25,27,30,34H,7-11,16,18-20H2,1-6H3/t25-,27+,30-/m0/s1. The van der Waals surface area contributed by atoms with Crippen molar-refractivity contribution in [1.29, 1.82) is 0 Å². The molecule has 6 heteroatoms. The highest BCUT2D eigenvalue weighted by atomic mass is 28.3. The summed E-state index contributed by atoms with van der Waals surface area (Å²) in [7, 11) is -0.269. The Morgan fingerprint density at radius 3 is 2.47 bits per heavy atom. The summed E-state index contributed by atoms with van der Waals surface area (Å²) in [6.45, 7) is 12.9. The monoisotopic (exact) mass is 538 g/mol. The van der Waals surface area contributed by atoms with Gasteiger partial charge in [0.2, 0.25) is 0 Å². The predicted octanol–water partition coefficient (Wildman–Crippen LogP) is 6.69. The quantitative estimate of drug-likeness (QED) is 0.196. The number of rotatable bonds is 11. The molecule has 2 aromatic rings. The van der Waals surface area contributed by atoms with Gasteiger partial charge in [0, 0.05) is 30.4 Å². The lowest BCUT2D eigenvalue weighted by Gasteiger charge is -2.35. The van der Waals surface area contributed by atoms with Gasteiger partial charge in [-0.05, 0) is 54.0 Å². The van der Waals surface area contributed by atoms with E-state index >= 15 is 0 Å². The van der Waals surface area contributed by atoms with Gasteiger partial charge in [-0.2, -0.15) is 0 Å². The average Bonchev–Trinajstić information content (AvgIpc) is 3.28. The van der Waals surface area contributed by atoms with Gasteiger partial charge in [0.15, 0.2) is 0 Å². The van der Waals surface area contributed by atoms with Crippen molar-refractivity contribution in [3.05, 3.63) is 58.9 Å². The van der Waals surface area contributed by atoms with Crippen LogP contribution < -0.4 is 10.1 Å². The molecule has 2 aliphatic rings. The van der Waals surface area contributed by atoms with E-state index in [9.17, 15) is 9.90 Å². The van der Waals surface area contributed by atoms with Crippen LogP contribution in [0.5, 0.6) is 5.75 Å². The van der Waals surface area contributed by atoms with Gasteiger partial charge in [0.1, 0.15) is 19.6 Å². The third kappa shape index (κ3) is 6.18. The molecule has 3 atom stereocenters. The maximum Gasteiger partial charge on any atom is 0.143 e. The fourth-order valence-corrected chi connectivity index (χ4v) is 7.71. The molecule has 1 heterocycles. The number of ketones is 1. The van der Waals surface area contributed by atoms with Crippen molar-refractivity contribution in [2.75, 3.05) is 13.7 Å². The Labute approximate surface area is 229 Å². The Bertz CT molecular complexity index is 1120. The average molecular weight is 539 g/mol. The summed E-state index contributed by atoms with van der Waals surface area (Å²) in [6, 6.07) is 8.00. The number of benzene rings is 1. The van der Waals surface area contributed by atoms with E-state index in [1.165, 1.54) is 5.57 Å². The van der Waals surface area contributed by atoms with E-state index in [1.54, 1.807) is 7.11 Å². The van der Waals surface area contributed by atoms with E-state index in [1.807, 2.05) is 30.5 Å². The third-order valence-corrected chi connectivity index (χ3v) is 14.4. The Morgan fingerprint density at radius 1 is 1.08 bits per heavy atom. The zero-order chi connectivity index (χ0) is 27.5. The lowest BCUT2D eigenvalue weighted by molar-refractivity contribution is -0.125. The second kappa shape index (κ2) is 11.9. The molecule has 0 aliphatic heterocycles.